The quantitative estimate of drug-likeness (QED) is 0.576. The molecule has 1 aromatic heterocycles. The van der Waals surface area contributed by atoms with E-state index in [1.807, 2.05) is 0 Å². The molecule has 8 heteroatoms. The summed E-state index contributed by atoms with van der Waals surface area (Å²) in [4.78, 5) is 23.4. The number of anilines is 2. The predicted octanol–water partition coefficient (Wildman–Crippen LogP) is 2.11. The molecular formula is C21H34N6O2. The van der Waals surface area contributed by atoms with Gasteiger partial charge in [-0.05, 0) is 77.3 Å². The van der Waals surface area contributed by atoms with Gasteiger partial charge in [-0.2, -0.15) is 4.98 Å². The van der Waals surface area contributed by atoms with Crippen molar-refractivity contribution in [2.24, 2.45) is 5.73 Å². The number of aliphatic hydroxyl groups excluding tert-OH is 1. The molecule has 0 radical (unpaired) electrons. The second-order valence-electron chi connectivity index (χ2n) is 8.87. The highest BCUT2D eigenvalue weighted by Gasteiger charge is 2.28. The maximum absolute atomic E-state index is 11.8. The van der Waals surface area contributed by atoms with Crippen molar-refractivity contribution in [1.82, 2.24) is 14.9 Å². The topological polar surface area (TPSA) is 116 Å². The lowest BCUT2D eigenvalue weighted by Gasteiger charge is -2.34. The number of nitrogens with two attached hydrogens (primary N) is 1. The van der Waals surface area contributed by atoms with Crippen LogP contribution in [0.5, 0.6) is 0 Å². The highest BCUT2D eigenvalue weighted by molar-refractivity contribution is 5.97. The Balaban J connectivity index is 1.38. The van der Waals surface area contributed by atoms with Crippen LogP contribution in [0.25, 0.3) is 0 Å². The van der Waals surface area contributed by atoms with E-state index in [1.54, 1.807) is 0 Å². The molecule has 2 atom stereocenters. The third kappa shape index (κ3) is 5.17. The first kappa shape index (κ1) is 20.3. The fourth-order valence-corrected chi connectivity index (χ4v) is 5.10. The standard InChI is InChI=1S/C21H34N6O2/c22-19(29)18-13-23-21(26-20(18)24-15-4-3-5-17(28)12-15)25-14-6-8-16(9-7-14)27-10-1-2-11-27/h13-17,28H,1-12H2,(H2,22,29)(H2,23,24,25,26)/t14?,15-,16?,17-/m1/s1. The molecule has 29 heavy (non-hydrogen) atoms. The van der Waals surface area contributed by atoms with E-state index in [0.29, 0.717) is 29.8 Å². The summed E-state index contributed by atoms with van der Waals surface area (Å²) in [5.41, 5.74) is 5.82. The number of nitrogens with one attached hydrogen (secondary N) is 2. The number of primary amides is 1. The van der Waals surface area contributed by atoms with Gasteiger partial charge >= 0.3 is 0 Å². The molecular weight excluding hydrogens is 368 g/mol. The molecule has 1 aromatic rings. The Morgan fingerprint density at radius 2 is 1.79 bits per heavy atom. The van der Waals surface area contributed by atoms with E-state index < -0.39 is 5.91 Å². The van der Waals surface area contributed by atoms with E-state index in [0.717, 1.165) is 38.1 Å². The van der Waals surface area contributed by atoms with Crippen molar-refractivity contribution in [2.45, 2.75) is 88.4 Å². The van der Waals surface area contributed by atoms with Gasteiger partial charge in [-0.3, -0.25) is 4.79 Å². The van der Waals surface area contributed by atoms with Crippen LogP contribution < -0.4 is 16.4 Å². The monoisotopic (exact) mass is 402 g/mol. The largest absolute Gasteiger partial charge is 0.393 e. The summed E-state index contributed by atoms with van der Waals surface area (Å²) < 4.78 is 0. The van der Waals surface area contributed by atoms with Gasteiger partial charge in [0.2, 0.25) is 5.95 Å². The van der Waals surface area contributed by atoms with Crippen LogP contribution in [0.1, 0.15) is 74.6 Å². The number of likely N-dealkylation sites (tertiary alicyclic amines) is 1. The van der Waals surface area contributed by atoms with Gasteiger partial charge in [0.05, 0.1) is 11.7 Å². The van der Waals surface area contributed by atoms with Crippen LogP contribution >= 0.6 is 0 Å². The van der Waals surface area contributed by atoms with Crippen molar-refractivity contribution < 1.29 is 9.90 Å². The molecule has 1 aliphatic heterocycles. The average Bonchev–Trinajstić information content (AvgIpc) is 3.23. The molecule has 0 unspecified atom stereocenters. The zero-order chi connectivity index (χ0) is 20.2. The van der Waals surface area contributed by atoms with Gasteiger partial charge in [0, 0.05) is 24.3 Å². The number of amides is 1. The molecule has 2 saturated carbocycles. The highest BCUT2D eigenvalue weighted by atomic mass is 16.3. The van der Waals surface area contributed by atoms with Gasteiger partial charge < -0.3 is 26.4 Å². The Labute approximate surface area is 172 Å². The lowest BCUT2D eigenvalue weighted by Crippen LogP contribution is -2.39. The third-order valence-electron chi connectivity index (χ3n) is 6.73. The van der Waals surface area contributed by atoms with Crippen molar-refractivity contribution in [1.29, 1.82) is 0 Å². The van der Waals surface area contributed by atoms with E-state index in [4.69, 9.17) is 5.73 Å². The van der Waals surface area contributed by atoms with E-state index in [-0.39, 0.29) is 12.1 Å². The summed E-state index contributed by atoms with van der Waals surface area (Å²) in [5, 5.41) is 16.7. The second-order valence-corrected chi connectivity index (χ2v) is 8.87. The van der Waals surface area contributed by atoms with Crippen molar-refractivity contribution in [3.8, 4) is 0 Å². The molecule has 1 saturated heterocycles. The van der Waals surface area contributed by atoms with Gasteiger partial charge in [0.1, 0.15) is 5.82 Å². The fraction of sp³-hybridized carbons (Fsp3) is 0.762. The maximum atomic E-state index is 11.8. The van der Waals surface area contributed by atoms with Crippen molar-refractivity contribution in [3.63, 3.8) is 0 Å². The summed E-state index contributed by atoms with van der Waals surface area (Å²) in [7, 11) is 0. The van der Waals surface area contributed by atoms with Crippen LogP contribution in [0.3, 0.4) is 0 Å². The van der Waals surface area contributed by atoms with Crippen molar-refractivity contribution in [2.75, 3.05) is 23.7 Å². The summed E-state index contributed by atoms with van der Waals surface area (Å²) in [6.45, 7) is 2.51. The Bertz CT molecular complexity index is 700. The van der Waals surface area contributed by atoms with Crippen LogP contribution in [0, 0.1) is 0 Å². The smallest absolute Gasteiger partial charge is 0.254 e. The summed E-state index contributed by atoms with van der Waals surface area (Å²) in [6, 6.07) is 1.18. The zero-order valence-electron chi connectivity index (χ0n) is 17.1. The van der Waals surface area contributed by atoms with Gasteiger partial charge in [-0.25, -0.2) is 4.98 Å². The molecule has 2 aliphatic carbocycles. The molecule has 8 nitrogen and oxygen atoms in total. The lowest BCUT2D eigenvalue weighted by molar-refractivity contribution is 0.100. The molecule has 0 aromatic carbocycles. The van der Waals surface area contributed by atoms with E-state index >= 15 is 0 Å². The SMILES string of the molecule is NC(=O)c1cnc(NC2CCC(N3CCCC3)CC2)nc1N[C@@H]1CCC[C@@H](O)C1. The Kier molecular flexibility index (Phi) is 6.50. The first-order valence-corrected chi connectivity index (χ1v) is 11.2. The number of nitrogens with zero attached hydrogens (tertiary/aromatic N) is 3. The minimum atomic E-state index is -0.540. The summed E-state index contributed by atoms with van der Waals surface area (Å²) in [6.07, 6.45) is 11.9. The van der Waals surface area contributed by atoms with Crippen LogP contribution in [-0.2, 0) is 0 Å². The van der Waals surface area contributed by atoms with Gasteiger partial charge in [0.25, 0.3) is 5.91 Å². The molecule has 5 N–H and O–H groups in total. The average molecular weight is 403 g/mol. The summed E-state index contributed by atoms with van der Waals surface area (Å²) >= 11 is 0. The number of carbonyl (C=O) groups excluding carboxylic acids is 1. The first-order valence-electron chi connectivity index (χ1n) is 11.2. The van der Waals surface area contributed by atoms with Crippen LogP contribution in [-0.4, -0.2) is 63.2 Å². The number of aliphatic hydroxyl groups is 1. The Hall–Kier alpha value is -1.93. The number of hydrogen-bond donors (Lipinski definition) is 4. The molecule has 3 fully saturated rings. The van der Waals surface area contributed by atoms with Gasteiger partial charge in [0.15, 0.2) is 0 Å². The van der Waals surface area contributed by atoms with E-state index in [1.165, 1.54) is 45.0 Å². The molecule has 0 bridgehead atoms. The first-order chi connectivity index (χ1) is 14.1. The number of carbonyl (C=O) groups is 1. The second kappa shape index (κ2) is 9.26. The van der Waals surface area contributed by atoms with Crippen LogP contribution in [0.4, 0.5) is 11.8 Å². The minimum Gasteiger partial charge on any atom is -0.393 e. The third-order valence-corrected chi connectivity index (χ3v) is 6.73. The maximum Gasteiger partial charge on any atom is 0.254 e. The van der Waals surface area contributed by atoms with Crippen molar-refractivity contribution in [3.05, 3.63) is 11.8 Å². The molecule has 0 spiro atoms. The summed E-state index contributed by atoms with van der Waals surface area (Å²) in [5.74, 6) is 0.472. The van der Waals surface area contributed by atoms with Crippen LogP contribution in [0.2, 0.25) is 0 Å². The lowest BCUT2D eigenvalue weighted by atomic mass is 9.90. The molecule has 2 heterocycles. The predicted molar refractivity (Wildman–Crippen MR) is 113 cm³/mol. The van der Waals surface area contributed by atoms with Gasteiger partial charge in [-0.1, -0.05) is 0 Å². The van der Waals surface area contributed by atoms with Crippen molar-refractivity contribution >= 4 is 17.7 Å². The Morgan fingerprint density at radius 1 is 1.03 bits per heavy atom. The number of hydrogen-bond acceptors (Lipinski definition) is 7. The fourth-order valence-electron chi connectivity index (χ4n) is 5.10. The van der Waals surface area contributed by atoms with Gasteiger partial charge in [-0.15, -0.1) is 0 Å². The number of rotatable bonds is 6. The molecule has 3 aliphatic rings. The van der Waals surface area contributed by atoms with E-state index in [9.17, 15) is 9.90 Å². The molecule has 4 rings (SSSR count). The Morgan fingerprint density at radius 3 is 2.48 bits per heavy atom. The zero-order valence-corrected chi connectivity index (χ0v) is 17.1. The normalized spacial score (nSPS) is 30.8. The van der Waals surface area contributed by atoms with E-state index in [2.05, 4.69) is 25.5 Å². The highest BCUT2D eigenvalue weighted by Crippen LogP contribution is 2.28. The minimum absolute atomic E-state index is 0.0931. The van der Waals surface area contributed by atoms with Crippen LogP contribution in [0.15, 0.2) is 6.20 Å². The molecule has 1 amide bonds. The number of aromatic nitrogens is 2. The molecule has 160 valence electrons.